The van der Waals surface area contributed by atoms with Gasteiger partial charge in [0.25, 0.3) is 0 Å². The lowest BCUT2D eigenvalue weighted by molar-refractivity contribution is 0.576. The number of nitrogens with one attached hydrogen (secondary N) is 1. The Bertz CT molecular complexity index is 537. The van der Waals surface area contributed by atoms with Crippen molar-refractivity contribution in [3.8, 4) is 0 Å². The lowest BCUT2D eigenvalue weighted by Crippen LogP contribution is -2.09. The summed E-state index contributed by atoms with van der Waals surface area (Å²) < 4.78 is 16.5. The zero-order valence-corrected chi connectivity index (χ0v) is 11.9. The van der Waals surface area contributed by atoms with Gasteiger partial charge in [0.2, 0.25) is 0 Å². The fraction of sp³-hybridized carbons (Fsp3) is 0.308. The molecule has 0 aliphatic heterocycles. The van der Waals surface area contributed by atoms with E-state index in [2.05, 4.69) is 44.6 Å². The standard InChI is InChI=1S/C13H15BrFN3/c1-9(2)18-8-16-6-11(18)7-17-13-5-10(14)3-4-12(13)15/h3-6,8-9,17H,7H2,1-2H3. The van der Waals surface area contributed by atoms with Gasteiger partial charge in [-0.05, 0) is 32.0 Å². The Labute approximate surface area is 114 Å². The van der Waals surface area contributed by atoms with Gasteiger partial charge in [-0.3, -0.25) is 0 Å². The van der Waals surface area contributed by atoms with Crippen LogP contribution in [0.2, 0.25) is 0 Å². The van der Waals surface area contributed by atoms with Crippen LogP contribution in [0.4, 0.5) is 10.1 Å². The summed E-state index contributed by atoms with van der Waals surface area (Å²) in [5.74, 6) is -0.256. The summed E-state index contributed by atoms with van der Waals surface area (Å²) in [6.07, 6.45) is 3.59. The second kappa shape index (κ2) is 5.52. The molecule has 1 aromatic carbocycles. The zero-order chi connectivity index (χ0) is 13.1. The summed E-state index contributed by atoms with van der Waals surface area (Å²) in [5.41, 5.74) is 1.52. The number of rotatable bonds is 4. The maximum atomic E-state index is 13.6. The van der Waals surface area contributed by atoms with Crippen molar-refractivity contribution in [1.82, 2.24) is 9.55 Å². The fourth-order valence-electron chi connectivity index (χ4n) is 1.75. The number of halogens is 2. The molecular weight excluding hydrogens is 297 g/mol. The topological polar surface area (TPSA) is 29.9 Å². The molecule has 0 amide bonds. The van der Waals surface area contributed by atoms with E-state index in [1.807, 2.05) is 0 Å². The van der Waals surface area contributed by atoms with E-state index < -0.39 is 0 Å². The molecule has 1 aromatic heterocycles. The molecule has 2 aromatic rings. The molecule has 1 heterocycles. The van der Waals surface area contributed by atoms with Crippen molar-refractivity contribution in [2.45, 2.75) is 26.4 Å². The van der Waals surface area contributed by atoms with E-state index in [1.165, 1.54) is 6.07 Å². The first kappa shape index (κ1) is 13.1. The second-order valence-electron chi connectivity index (χ2n) is 4.36. The first-order valence-electron chi connectivity index (χ1n) is 5.77. The third kappa shape index (κ3) is 2.90. The van der Waals surface area contributed by atoms with Gasteiger partial charge in [0.15, 0.2) is 0 Å². The monoisotopic (exact) mass is 311 g/mol. The van der Waals surface area contributed by atoms with Crippen LogP contribution in [0.3, 0.4) is 0 Å². The van der Waals surface area contributed by atoms with Crippen LogP contribution in [-0.2, 0) is 6.54 Å². The van der Waals surface area contributed by atoms with Gasteiger partial charge in [-0.15, -0.1) is 0 Å². The second-order valence-corrected chi connectivity index (χ2v) is 5.28. The van der Waals surface area contributed by atoms with E-state index in [0.717, 1.165) is 10.2 Å². The van der Waals surface area contributed by atoms with Gasteiger partial charge in [-0.2, -0.15) is 0 Å². The van der Waals surface area contributed by atoms with Crippen molar-refractivity contribution in [3.63, 3.8) is 0 Å². The Hall–Kier alpha value is -1.36. The number of benzene rings is 1. The number of hydrogen-bond acceptors (Lipinski definition) is 2. The lowest BCUT2D eigenvalue weighted by Gasteiger charge is -2.13. The largest absolute Gasteiger partial charge is 0.377 e. The molecule has 18 heavy (non-hydrogen) atoms. The van der Waals surface area contributed by atoms with E-state index in [-0.39, 0.29) is 5.82 Å². The summed E-state index contributed by atoms with van der Waals surface area (Å²) in [4.78, 5) is 4.12. The molecule has 2 rings (SSSR count). The van der Waals surface area contributed by atoms with E-state index in [0.29, 0.717) is 18.3 Å². The third-order valence-electron chi connectivity index (χ3n) is 2.69. The molecule has 3 nitrogen and oxygen atoms in total. The Morgan fingerprint density at radius 2 is 2.22 bits per heavy atom. The quantitative estimate of drug-likeness (QED) is 0.925. The Morgan fingerprint density at radius 3 is 2.94 bits per heavy atom. The van der Waals surface area contributed by atoms with E-state index in [9.17, 15) is 4.39 Å². The number of aromatic nitrogens is 2. The maximum absolute atomic E-state index is 13.6. The van der Waals surface area contributed by atoms with Crippen molar-refractivity contribution in [3.05, 3.63) is 46.7 Å². The van der Waals surface area contributed by atoms with Crippen molar-refractivity contribution in [2.75, 3.05) is 5.32 Å². The highest BCUT2D eigenvalue weighted by atomic mass is 79.9. The first-order chi connectivity index (χ1) is 8.58. The number of imidazole rings is 1. The lowest BCUT2D eigenvalue weighted by atomic mass is 10.3. The molecule has 5 heteroatoms. The molecule has 0 saturated carbocycles. The molecule has 0 fully saturated rings. The van der Waals surface area contributed by atoms with E-state index in [4.69, 9.17) is 0 Å². The molecular formula is C13H15BrFN3. The summed E-state index contributed by atoms with van der Waals surface area (Å²) in [5, 5.41) is 3.09. The van der Waals surface area contributed by atoms with Gasteiger partial charge >= 0.3 is 0 Å². The highest BCUT2D eigenvalue weighted by Gasteiger charge is 2.07. The Kier molecular flexibility index (Phi) is 4.01. The average Bonchev–Trinajstić information content (AvgIpc) is 2.79. The third-order valence-corrected chi connectivity index (χ3v) is 3.18. The van der Waals surface area contributed by atoms with Gasteiger partial charge in [-0.1, -0.05) is 15.9 Å². The summed E-state index contributed by atoms with van der Waals surface area (Å²) in [6.45, 7) is 4.72. The van der Waals surface area contributed by atoms with E-state index >= 15 is 0 Å². The predicted octanol–water partition coefficient (Wildman–Crippen LogP) is 3.98. The van der Waals surface area contributed by atoms with Crippen LogP contribution in [0.15, 0.2) is 35.2 Å². The SMILES string of the molecule is CC(C)n1cncc1CNc1cc(Br)ccc1F. The molecule has 0 aliphatic rings. The van der Waals surface area contributed by atoms with Crippen molar-refractivity contribution < 1.29 is 4.39 Å². The summed E-state index contributed by atoms with van der Waals surface area (Å²) in [6, 6.07) is 5.19. The molecule has 0 unspecified atom stereocenters. The van der Waals surface area contributed by atoms with Crippen molar-refractivity contribution in [2.24, 2.45) is 0 Å². The van der Waals surface area contributed by atoms with Crippen LogP contribution in [-0.4, -0.2) is 9.55 Å². The maximum Gasteiger partial charge on any atom is 0.146 e. The summed E-state index contributed by atoms with van der Waals surface area (Å²) >= 11 is 3.33. The van der Waals surface area contributed by atoms with Crippen molar-refractivity contribution >= 4 is 21.6 Å². The molecule has 0 aliphatic carbocycles. The van der Waals surface area contributed by atoms with Crippen LogP contribution < -0.4 is 5.32 Å². The van der Waals surface area contributed by atoms with Crippen LogP contribution >= 0.6 is 15.9 Å². The van der Waals surface area contributed by atoms with Gasteiger partial charge in [0, 0.05) is 16.7 Å². The molecule has 0 atom stereocenters. The predicted molar refractivity (Wildman–Crippen MR) is 74.0 cm³/mol. The molecule has 1 N–H and O–H groups in total. The average molecular weight is 312 g/mol. The van der Waals surface area contributed by atoms with Crippen LogP contribution in [0, 0.1) is 5.82 Å². The van der Waals surface area contributed by atoms with Crippen LogP contribution in [0.25, 0.3) is 0 Å². The van der Waals surface area contributed by atoms with Gasteiger partial charge in [0.05, 0.1) is 24.3 Å². The number of hydrogen-bond donors (Lipinski definition) is 1. The molecule has 0 bridgehead atoms. The highest BCUT2D eigenvalue weighted by Crippen LogP contribution is 2.21. The smallest absolute Gasteiger partial charge is 0.146 e. The van der Waals surface area contributed by atoms with Crippen LogP contribution in [0.5, 0.6) is 0 Å². The molecule has 96 valence electrons. The normalized spacial score (nSPS) is 10.9. The minimum Gasteiger partial charge on any atom is -0.377 e. The fourth-order valence-corrected chi connectivity index (χ4v) is 2.11. The highest BCUT2D eigenvalue weighted by molar-refractivity contribution is 9.10. The first-order valence-corrected chi connectivity index (χ1v) is 6.57. The minimum absolute atomic E-state index is 0.256. The van der Waals surface area contributed by atoms with Gasteiger partial charge < -0.3 is 9.88 Å². The van der Waals surface area contributed by atoms with Gasteiger partial charge in [0.1, 0.15) is 5.82 Å². The molecule has 0 radical (unpaired) electrons. The number of nitrogens with zero attached hydrogens (tertiary/aromatic N) is 2. The molecule has 0 spiro atoms. The Morgan fingerprint density at radius 1 is 1.44 bits per heavy atom. The van der Waals surface area contributed by atoms with E-state index in [1.54, 1.807) is 24.7 Å². The summed E-state index contributed by atoms with van der Waals surface area (Å²) in [7, 11) is 0. The number of anilines is 1. The minimum atomic E-state index is -0.256. The zero-order valence-electron chi connectivity index (χ0n) is 10.3. The van der Waals surface area contributed by atoms with Gasteiger partial charge in [-0.25, -0.2) is 9.37 Å². The molecule has 0 saturated heterocycles. The van der Waals surface area contributed by atoms with Crippen LogP contribution in [0.1, 0.15) is 25.6 Å². The Balaban J connectivity index is 2.11. The van der Waals surface area contributed by atoms with Crippen molar-refractivity contribution in [1.29, 1.82) is 0 Å².